The Morgan fingerprint density at radius 3 is 1.88 bits per heavy atom. The largest absolute Gasteiger partial charge is 0.372 e. The number of nitrogens with one attached hydrogen (secondary N) is 2. The van der Waals surface area contributed by atoms with Crippen molar-refractivity contribution in [2.24, 2.45) is 5.73 Å². The number of anilines is 3. The molecule has 3 amide bonds. The molecule has 2 aromatic rings. The topological polar surface area (TPSA) is 87.5 Å². The highest BCUT2D eigenvalue weighted by atomic mass is 16.2. The summed E-state index contributed by atoms with van der Waals surface area (Å²) in [6, 6.07) is 13.6. The Balaban J connectivity index is 2.02. The number of nitrogens with zero attached hydrogens (tertiary/aromatic N) is 1. The van der Waals surface area contributed by atoms with Crippen LogP contribution >= 0.6 is 0 Å². The summed E-state index contributed by atoms with van der Waals surface area (Å²) < 4.78 is 0. The van der Waals surface area contributed by atoms with E-state index in [4.69, 9.17) is 5.73 Å². The van der Waals surface area contributed by atoms with Crippen molar-refractivity contribution < 1.29 is 9.59 Å². The Hall–Kier alpha value is -3.02. The zero-order chi connectivity index (χ0) is 17.5. The van der Waals surface area contributed by atoms with Crippen molar-refractivity contribution in [1.82, 2.24) is 0 Å². The van der Waals surface area contributed by atoms with Crippen LogP contribution in [0.2, 0.25) is 0 Å². The third-order valence-electron chi connectivity index (χ3n) is 3.67. The molecule has 4 N–H and O–H groups in total. The molecule has 0 aliphatic heterocycles. The molecule has 0 bridgehead atoms. The fourth-order valence-corrected chi connectivity index (χ4v) is 2.39. The Morgan fingerprint density at radius 2 is 1.38 bits per heavy atom. The van der Waals surface area contributed by atoms with Crippen LogP contribution in [0.1, 0.15) is 24.2 Å². The van der Waals surface area contributed by atoms with E-state index in [1.807, 2.05) is 24.3 Å². The van der Waals surface area contributed by atoms with E-state index in [-0.39, 0.29) is 5.91 Å². The normalized spacial score (nSPS) is 10.1. The summed E-state index contributed by atoms with van der Waals surface area (Å²) in [6.07, 6.45) is 0. The Labute approximate surface area is 141 Å². The Bertz CT molecular complexity index is 692. The molecule has 0 saturated carbocycles. The first-order valence-electron chi connectivity index (χ1n) is 7.86. The molecule has 6 heteroatoms. The number of urea groups is 1. The monoisotopic (exact) mass is 326 g/mol. The molecule has 0 heterocycles. The van der Waals surface area contributed by atoms with Crippen molar-refractivity contribution in [3.8, 4) is 0 Å². The number of benzene rings is 2. The lowest BCUT2D eigenvalue weighted by molar-refractivity contribution is 0.102. The molecule has 0 aliphatic carbocycles. The Kier molecular flexibility index (Phi) is 5.78. The molecule has 2 rings (SSSR count). The molecule has 0 fully saturated rings. The van der Waals surface area contributed by atoms with Gasteiger partial charge in [-0.2, -0.15) is 0 Å². The van der Waals surface area contributed by atoms with E-state index in [9.17, 15) is 9.59 Å². The average molecular weight is 326 g/mol. The fourth-order valence-electron chi connectivity index (χ4n) is 2.39. The zero-order valence-electron chi connectivity index (χ0n) is 13.9. The molecule has 0 spiro atoms. The van der Waals surface area contributed by atoms with Crippen LogP contribution in [0.15, 0.2) is 48.5 Å². The lowest BCUT2D eigenvalue weighted by Gasteiger charge is -2.21. The third-order valence-corrected chi connectivity index (χ3v) is 3.67. The van der Waals surface area contributed by atoms with E-state index in [1.165, 1.54) is 0 Å². The van der Waals surface area contributed by atoms with E-state index in [2.05, 4.69) is 29.4 Å². The van der Waals surface area contributed by atoms with E-state index in [0.29, 0.717) is 11.3 Å². The fraction of sp³-hybridized carbons (Fsp3) is 0.222. The second-order valence-corrected chi connectivity index (χ2v) is 5.24. The average Bonchev–Trinajstić information content (AvgIpc) is 2.57. The lowest BCUT2D eigenvalue weighted by atomic mass is 10.2. The van der Waals surface area contributed by atoms with Crippen molar-refractivity contribution in [2.45, 2.75) is 13.8 Å². The molecule has 0 atom stereocenters. The van der Waals surface area contributed by atoms with Gasteiger partial charge in [0.05, 0.1) is 0 Å². The molecule has 126 valence electrons. The first-order valence-corrected chi connectivity index (χ1v) is 7.86. The van der Waals surface area contributed by atoms with Gasteiger partial charge in [0.2, 0.25) is 0 Å². The number of nitrogens with two attached hydrogens (primary N) is 1. The standard InChI is InChI=1S/C18H22N4O2/c1-3-22(4-2)16-11-9-14(10-12-16)20-17(23)13-5-7-15(8-6-13)21-18(19)24/h5-12H,3-4H2,1-2H3,(H,20,23)(H3,19,21,24). The number of hydrogen-bond acceptors (Lipinski definition) is 3. The van der Waals surface area contributed by atoms with Gasteiger partial charge in [-0.15, -0.1) is 0 Å². The van der Waals surface area contributed by atoms with E-state index in [1.54, 1.807) is 24.3 Å². The summed E-state index contributed by atoms with van der Waals surface area (Å²) >= 11 is 0. The summed E-state index contributed by atoms with van der Waals surface area (Å²) in [5, 5.41) is 5.30. The first kappa shape index (κ1) is 17.3. The van der Waals surface area contributed by atoms with Gasteiger partial charge in [-0.05, 0) is 62.4 Å². The number of primary amides is 1. The van der Waals surface area contributed by atoms with Crippen LogP contribution in [0.25, 0.3) is 0 Å². The van der Waals surface area contributed by atoms with Crippen LogP contribution in [0, 0.1) is 0 Å². The van der Waals surface area contributed by atoms with Gasteiger partial charge < -0.3 is 21.3 Å². The molecule has 0 aliphatic rings. The van der Waals surface area contributed by atoms with Crippen molar-refractivity contribution in [3.05, 3.63) is 54.1 Å². The zero-order valence-corrected chi connectivity index (χ0v) is 13.9. The van der Waals surface area contributed by atoms with Crippen molar-refractivity contribution >= 4 is 29.0 Å². The predicted octanol–water partition coefficient (Wildman–Crippen LogP) is 3.28. The van der Waals surface area contributed by atoms with Crippen molar-refractivity contribution in [2.75, 3.05) is 28.6 Å². The maximum Gasteiger partial charge on any atom is 0.316 e. The number of hydrogen-bond donors (Lipinski definition) is 3. The maximum absolute atomic E-state index is 12.2. The van der Waals surface area contributed by atoms with Crippen molar-refractivity contribution in [3.63, 3.8) is 0 Å². The summed E-state index contributed by atoms with van der Waals surface area (Å²) in [5.41, 5.74) is 7.94. The first-order chi connectivity index (χ1) is 11.5. The summed E-state index contributed by atoms with van der Waals surface area (Å²) in [7, 11) is 0. The number of amides is 3. The van der Waals surface area contributed by atoms with Gasteiger partial charge in [-0.3, -0.25) is 4.79 Å². The van der Waals surface area contributed by atoms with Gasteiger partial charge in [-0.25, -0.2) is 4.79 Å². The highest BCUT2D eigenvalue weighted by molar-refractivity contribution is 6.04. The second-order valence-electron chi connectivity index (χ2n) is 5.24. The smallest absolute Gasteiger partial charge is 0.316 e. The molecule has 0 aromatic heterocycles. The minimum atomic E-state index is -0.638. The molecular formula is C18H22N4O2. The molecular weight excluding hydrogens is 304 g/mol. The van der Waals surface area contributed by atoms with Crippen LogP contribution in [0.3, 0.4) is 0 Å². The molecule has 24 heavy (non-hydrogen) atoms. The van der Waals surface area contributed by atoms with Gasteiger partial charge in [0.1, 0.15) is 0 Å². The maximum atomic E-state index is 12.2. The van der Waals surface area contributed by atoms with Crippen LogP contribution in [-0.4, -0.2) is 25.0 Å². The molecule has 2 aromatic carbocycles. The molecule has 0 radical (unpaired) electrons. The van der Waals surface area contributed by atoms with Gasteiger partial charge in [-0.1, -0.05) is 0 Å². The van der Waals surface area contributed by atoms with Crippen LogP contribution in [0.4, 0.5) is 21.9 Å². The highest BCUT2D eigenvalue weighted by Crippen LogP contribution is 2.18. The molecule has 6 nitrogen and oxygen atoms in total. The van der Waals surface area contributed by atoms with Crippen molar-refractivity contribution in [1.29, 1.82) is 0 Å². The van der Waals surface area contributed by atoms with Crippen LogP contribution in [0.5, 0.6) is 0 Å². The Morgan fingerprint density at radius 1 is 0.875 bits per heavy atom. The number of carbonyl (C=O) groups is 2. The number of rotatable bonds is 6. The van der Waals surface area contributed by atoms with Crippen LogP contribution in [-0.2, 0) is 0 Å². The number of carbonyl (C=O) groups excluding carboxylic acids is 2. The SMILES string of the molecule is CCN(CC)c1ccc(NC(=O)c2ccc(NC(N)=O)cc2)cc1. The lowest BCUT2D eigenvalue weighted by Crippen LogP contribution is -2.21. The van der Waals surface area contributed by atoms with Gasteiger partial charge in [0.25, 0.3) is 5.91 Å². The van der Waals surface area contributed by atoms with Crippen LogP contribution < -0.4 is 21.3 Å². The quantitative estimate of drug-likeness (QED) is 0.761. The third kappa shape index (κ3) is 4.49. The minimum absolute atomic E-state index is 0.212. The van der Waals surface area contributed by atoms with Gasteiger partial charge in [0.15, 0.2) is 0 Å². The minimum Gasteiger partial charge on any atom is -0.372 e. The van der Waals surface area contributed by atoms with Gasteiger partial charge >= 0.3 is 6.03 Å². The van der Waals surface area contributed by atoms with E-state index < -0.39 is 6.03 Å². The highest BCUT2D eigenvalue weighted by Gasteiger charge is 2.07. The van der Waals surface area contributed by atoms with E-state index >= 15 is 0 Å². The van der Waals surface area contributed by atoms with Gasteiger partial charge in [0, 0.05) is 35.7 Å². The van der Waals surface area contributed by atoms with E-state index in [0.717, 1.165) is 24.5 Å². The summed E-state index contributed by atoms with van der Waals surface area (Å²) in [4.78, 5) is 25.3. The predicted molar refractivity (Wildman–Crippen MR) is 97.6 cm³/mol. The molecule has 0 saturated heterocycles. The summed E-state index contributed by atoms with van der Waals surface area (Å²) in [5.74, 6) is -0.212. The second kappa shape index (κ2) is 8.01. The molecule has 0 unspecified atom stereocenters. The summed E-state index contributed by atoms with van der Waals surface area (Å²) in [6.45, 7) is 6.09.